The molecular weight excluding hydrogens is 392 g/mol. The number of carbonyl (C=O) groups excluding carboxylic acids is 2. The molecule has 161 valence electrons. The van der Waals surface area contributed by atoms with Crippen LogP contribution in [0.3, 0.4) is 0 Å². The normalized spacial score (nSPS) is 13.9. The zero-order valence-corrected chi connectivity index (χ0v) is 20.0. The van der Waals surface area contributed by atoms with E-state index in [1.165, 1.54) is 12.2 Å². The van der Waals surface area contributed by atoms with Crippen molar-refractivity contribution >= 4 is 11.6 Å². The van der Waals surface area contributed by atoms with Crippen LogP contribution in [0.1, 0.15) is 83.1 Å². The van der Waals surface area contributed by atoms with Gasteiger partial charge in [0.2, 0.25) is 0 Å². The van der Waals surface area contributed by atoms with Gasteiger partial charge in [0.1, 0.15) is 0 Å². The van der Waals surface area contributed by atoms with Crippen molar-refractivity contribution in [2.24, 2.45) is 21.7 Å². The van der Waals surface area contributed by atoms with Crippen molar-refractivity contribution in [2.75, 3.05) is 0 Å². The molecule has 0 saturated heterocycles. The Hall–Kier alpha value is -1.06. The first-order chi connectivity index (χ1) is 11.1. The minimum absolute atomic E-state index is 0. The molecule has 5 heteroatoms. The van der Waals surface area contributed by atoms with Gasteiger partial charge in [0.05, 0.1) is 0 Å². The largest absolute Gasteiger partial charge is 2.00 e. The summed E-state index contributed by atoms with van der Waals surface area (Å²) >= 11 is 0. The van der Waals surface area contributed by atoms with Gasteiger partial charge in [0.15, 0.2) is 11.6 Å². The van der Waals surface area contributed by atoms with E-state index in [1.54, 1.807) is 0 Å². The molecule has 0 amide bonds. The first kappa shape index (κ1) is 30.7. The van der Waals surface area contributed by atoms with Crippen molar-refractivity contribution in [3.8, 4) is 0 Å². The standard InChI is InChI=1S/2C11H20O2.Cu/c2*1-10(2,3)8(12)7-9(13)11(4,5)6;/h2*7,12H,1-6H3;/q;;+2/p-2/b2*8-7-;. The van der Waals surface area contributed by atoms with E-state index < -0.39 is 21.7 Å². The molecule has 0 aromatic carbocycles. The van der Waals surface area contributed by atoms with Crippen molar-refractivity contribution in [2.45, 2.75) is 83.1 Å². The van der Waals surface area contributed by atoms with Crippen molar-refractivity contribution in [1.82, 2.24) is 0 Å². The first-order valence-corrected chi connectivity index (χ1v) is 8.97. The Morgan fingerprint density at radius 2 is 0.704 bits per heavy atom. The molecule has 0 unspecified atom stereocenters. The summed E-state index contributed by atoms with van der Waals surface area (Å²) in [5.74, 6) is -0.417. The molecule has 0 aliphatic carbocycles. The molecule has 0 aliphatic rings. The van der Waals surface area contributed by atoms with E-state index in [1.807, 2.05) is 83.1 Å². The Labute approximate surface area is 177 Å². The predicted octanol–water partition coefficient (Wildman–Crippen LogP) is 3.78. The fraction of sp³-hybridized carbons (Fsp3) is 0.727. The van der Waals surface area contributed by atoms with E-state index in [4.69, 9.17) is 0 Å². The number of hydrogen-bond acceptors (Lipinski definition) is 4. The zero-order chi connectivity index (χ0) is 21.7. The molecule has 4 nitrogen and oxygen atoms in total. The van der Waals surface area contributed by atoms with Gasteiger partial charge in [-0.25, -0.2) is 0 Å². The number of carbonyl (C=O) groups is 2. The number of hydrogen-bond donors (Lipinski definition) is 0. The van der Waals surface area contributed by atoms with E-state index >= 15 is 0 Å². The summed E-state index contributed by atoms with van der Waals surface area (Å²) < 4.78 is 0. The summed E-state index contributed by atoms with van der Waals surface area (Å²) in [4.78, 5) is 22.9. The first-order valence-electron chi connectivity index (χ1n) is 8.97. The van der Waals surface area contributed by atoms with Crippen LogP contribution in [0.5, 0.6) is 0 Å². The SMILES string of the molecule is CC(C)(C)C(=O)/C=C(\[O-])C(C)(C)C.CC(C)(C)C(=O)/C=C(\[O-])C(C)(C)C.[Cu+2]. The summed E-state index contributed by atoms with van der Waals surface area (Å²) in [5.41, 5.74) is -1.83. The molecule has 0 saturated carbocycles. The molecule has 1 radical (unpaired) electrons. The van der Waals surface area contributed by atoms with Crippen LogP contribution in [-0.4, -0.2) is 11.6 Å². The second kappa shape index (κ2) is 10.5. The molecule has 0 N–H and O–H groups in total. The fourth-order valence-electron chi connectivity index (χ4n) is 1.10. The minimum atomic E-state index is -0.457. The molecule has 0 aromatic rings. The molecule has 0 spiro atoms. The summed E-state index contributed by atoms with van der Waals surface area (Å²) in [7, 11) is 0. The van der Waals surface area contributed by atoms with Gasteiger partial charge in [0, 0.05) is 10.8 Å². The molecule has 0 aromatic heterocycles. The summed E-state index contributed by atoms with van der Waals surface area (Å²) in [6.45, 7) is 21.7. The Balaban J connectivity index is -0.000000411. The van der Waals surface area contributed by atoms with Gasteiger partial charge >= 0.3 is 17.1 Å². The molecule has 0 rings (SSSR count). The van der Waals surface area contributed by atoms with E-state index in [0.29, 0.717) is 0 Å². The molecule has 27 heavy (non-hydrogen) atoms. The smallest absolute Gasteiger partial charge is 0.875 e. The second-order valence-corrected chi connectivity index (χ2v) is 10.7. The molecule has 0 heterocycles. The van der Waals surface area contributed by atoms with Gasteiger partial charge < -0.3 is 10.2 Å². The second-order valence-electron chi connectivity index (χ2n) is 10.7. The number of rotatable bonds is 2. The van der Waals surface area contributed by atoms with Gasteiger partial charge in [-0.2, -0.15) is 0 Å². The van der Waals surface area contributed by atoms with Crippen LogP contribution < -0.4 is 10.2 Å². The Bertz CT molecular complexity index is 505. The fourth-order valence-corrected chi connectivity index (χ4v) is 1.10. The van der Waals surface area contributed by atoms with Crippen LogP contribution in [-0.2, 0) is 26.7 Å². The quantitative estimate of drug-likeness (QED) is 0.380. The summed E-state index contributed by atoms with van der Waals surface area (Å²) in [5, 5.41) is 22.9. The van der Waals surface area contributed by atoms with Crippen molar-refractivity contribution in [1.29, 1.82) is 0 Å². The van der Waals surface area contributed by atoms with Gasteiger partial charge in [-0.3, -0.25) is 9.59 Å². The molecule has 0 atom stereocenters. The predicted molar refractivity (Wildman–Crippen MR) is 104 cm³/mol. The van der Waals surface area contributed by atoms with E-state index in [0.717, 1.165) is 0 Å². The third kappa shape index (κ3) is 13.7. The number of ketones is 2. The monoisotopic (exact) mass is 429 g/mol. The Morgan fingerprint density at radius 3 is 0.815 bits per heavy atom. The molecule has 0 aliphatic heterocycles. The average molecular weight is 430 g/mol. The van der Waals surface area contributed by atoms with Crippen LogP contribution in [0.4, 0.5) is 0 Å². The average Bonchev–Trinajstić information content (AvgIpc) is 2.34. The molecule has 0 fully saturated rings. The maximum Gasteiger partial charge on any atom is 2.00 e. The zero-order valence-electron chi connectivity index (χ0n) is 19.1. The van der Waals surface area contributed by atoms with Crippen LogP contribution in [0.25, 0.3) is 0 Å². The summed E-state index contributed by atoms with van der Waals surface area (Å²) in [6.07, 6.45) is 2.44. The third-order valence-electron chi connectivity index (χ3n) is 3.48. The van der Waals surface area contributed by atoms with Gasteiger partial charge in [-0.15, -0.1) is 11.5 Å². The van der Waals surface area contributed by atoms with E-state index in [-0.39, 0.29) is 40.2 Å². The minimum Gasteiger partial charge on any atom is -0.875 e. The van der Waals surface area contributed by atoms with Crippen LogP contribution in [0.15, 0.2) is 23.7 Å². The van der Waals surface area contributed by atoms with E-state index in [2.05, 4.69) is 0 Å². The van der Waals surface area contributed by atoms with Gasteiger partial charge in [-0.1, -0.05) is 83.1 Å². The van der Waals surface area contributed by atoms with Gasteiger partial charge in [-0.05, 0) is 23.0 Å². The Kier molecular flexibility index (Phi) is 11.9. The van der Waals surface area contributed by atoms with E-state index in [9.17, 15) is 19.8 Å². The van der Waals surface area contributed by atoms with Gasteiger partial charge in [0.25, 0.3) is 0 Å². The van der Waals surface area contributed by atoms with Crippen LogP contribution >= 0.6 is 0 Å². The molecular formula is C22H38CuO4. The molecule has 0 bridgehead atoms. The van der Waals surface area contributed by atoms with Crippen LogP contribution in [0, 0.1) is 21.7 Å². The van der Waals surface area contributed by atoms with Crippen LogP contribution in [0.2, 0.25) is 0 Å². The van der Waals surface area contributed by atoms with Crippen molar-refractivity contribution in [3.63, 3.8) is 0 Å². The topological polar surface area (TPSA) is 80.3 Å². The summed E-state index contributed by atoms with van der Waals surface area (Å²) in [6, 6.07) is 0. The van der Waals surface area contributed by atoms with Crippen molar-refractivity contribution < 1.29 is 36.9 Å². The maximum absolute atomic E-state index is 11.4. The Morgan fingerprint density at radius 1 is 0.519 bits per heavy atom. The third-order valence-corrected chi connectivity index (χ3v) is 3.48. The van der Waals surface area contributed by atoms with Crippen molar-refractivity contribution in [3.05, 3.63) is 23.7 Å². The number of allylic oxidation sites excluding steroid dienone is 4. The maximum atomic E-state index is 11.4.